The minimum Gasteiger partial charge on any atom is -0.383 e. The summed E-state index contributed by atoms with van der Waals surface area (Å²) in [5.41, 5.74) is 6.55. The molecule has 0 aliphatic carbocycles. The van der Waals surface area contributed by atoms with Gasteiger partial charge in [-0.2, -0.15) is 5.10 Å². The van der Waals surface area contributed by atoms with Gasteiger partial charge < -0.3 is 5.73 Å². The van der Waals surface area contributed by atoms with Gasteiger partial charge in [0.15, 0.2) is 5.82 Å². The molecule has 6 heteroatoms. The highest BCUT2D eigenvalue weighted by atomic mass is 127. The third-order valence-electron chi connectivity index (χ3n) is 1.98. The smallest absolute Gasteiger partial charge is 0.162 e. The van der Waals surface area contributed by atoms with Crippen molar-refractivity contribution in [2.24, 2.45) is 15.7 Å². The van der Waals surface area contributed by atoms with E-state index in [1.54, 1.807) is 11.7 Å². The monoisotopic (exact) mass is 319 g/mol. The molecule has 5 nitrogen and oxygen atoms in total. The summed E-state index contributed by atoms with van der Waals surface area (Å²) >= 11 is 2.12. The van der Waals surface area contributed by atoms with E-state index in [1.807, 2.05) is 13.8 Å². The average Bonchev–Trinajstić information content (AvgIpc) is 2.54. The van der Waals surface area contributed by atoms with Crippen molar-refractivity contribution in [3.63, 3.8) is 0 Å². The largest absolute Gasteiger partial charge is 0.383 e. The number of hydrogen-bond acceptors (Lipinski definition) is 3. The summed E-state index contributed by atoms with van der Waals surface area (Å²) in [6.07, 6.45) is 0. The zero-order chi connectivity index (χ0) is 11.6. The molecule has 1 aromatic heterocycles. The molecule has 15 heavy (non-hydrogen) atoms. The predicted octanol–water partition coefficient (Wildman–Crippen LogP) is 1.74. The second-order valence-electron chi connectivity index (χ2n) is 3.29. The Morgan fingerprint density at radius 2 is 2.20 bits per heavy atom. The molecule has 0 atom stereocenters. The SMILES string of the molecule is C=Nc1c(/C(N)=N\C)c(I)nn1C(C)C. The second-order valence-corrected chi connectivity index (χ2v) is 4.32. The molecule has 1 heterocycles. The first kappa shape index (κ1) is 12.2. The van der Waals surface area contributed by atoms with E-state index in [1.165, 1.54) is 0 Å². The number of nitrogens with zero attached hydrogens (tertiary/aromatic N) is 4. The first-order valence-corrected chi connectivity index (χ1v) is 5.58. The molecule has 1 aromatic rings. The van der Waals surface area contributed by atoms with Crippen molar-refractivity contribution in [2.45, 2.75) is 19.9 Å². The van der Waals surface area contributed by atoms with Crippen molar-refractivity contribution in [1.29, 1.82) is 0 Å². The summed E-state index contributed by atoms with van der Waals surface area (Å²) < 4.78 is 2.59. The standard InChI is InChI=1S/C9H14IN5/c1-5(2)15-9(13-4)6(7(10)14-15)8(11)12-3/h5H,4H2,1-3H3,(H2,11,12). The molecule has 0 spiro atoms. The maximum absolute atomic E-state index is 5.79. The molecule has 82 valence electrons. The van der Waals surface area contributed by atoms with Gasteiger partial charge in [0, 0.05) is 13.1 Å². The fourth-order valence-corrected chi connectivity index (χ4v) is 1.99. The molecule has 0 saturated heterocycles. The van der Waals surface area contributed by atoms with Crippen LogP contribution in [0.4, 0.5) is 5.82 Å². The second kappa shape index (κ2) is 4.73. The van der Waals surface area contributed by atoms with E-state index in [2.05, 4.69) is 44.4 Å². The Balaban J connectivity index is 3.45. The molecule has 1 rings (SSSR count). The van der Waals surface area contributed by atoms with E-state index in [4.69, 9.17) is 5.73 Å². The maximum atomic E-state index is 5.79. The minimum atomic E-state index is 0.220. The fraction of sp³-hybridized carbons (Fsp3) is 0.444. The summed E-state index contributed by atoms with van der Waals surface area (Å²) in [5, 5.41) is 4.36. The lowest BCUT2D eigenvalue weighted by molar-refractivity contribution is 0.534. The van der Waals surface area contributed by atoms with E-state index in [0.717, 1.165) is 9.26 Å². The third kappa shape index (κ3) is 2.19. The summed E-state index contributed by atoms with van der Waals surface area (Å²) in [5.74, 6) is 1.12. The van der Waals surface area contributed by atoms with Crippen LogP contribution in [0.2, 0.25) is 0 Å². The molecule has 0 aliphatic heterocycles. The fourth-order valence-electron chi connectivity index (χ4n) is 1.24. The Morgan fingerprint density at radius 3 is 2.60 bits per heavy atom. The van der Waals surface area contributed by atoms with Crippen molar-refractivity contribution < 1.29 is 0 Å². The molecular weight excluding hydrogens is 305 g/mol. The van der Waals surface area contributed by atoms with Gasteiger partial charge in [0.05, 0.1) is 5.56 Å². The summed E-state index contributed by atoms with van der Waals surface area (Å²) in [4.78, 5) is 7.92. The topological polar surface area (TPSA) is 68.6 Å². The molecule has 0 aliphatic rings. The first-order chi connectivity index (χ1) is 7.02. The molecule has 0 bridgehead atoms. The number of rotatable bonds is 3. The van der Waals surface area contributed by atoms with E-state index < -0.39 is 0 Å². The van der Waals surface area contributed by atoms with Gasteiger partial charge in [0.25, 0.3) is 0 Å². The van der Waals surface area contributed by atoms with Gasteiger partial charge in [-0.25, -0.2) is 9.67 Å². The number of amidine groups is 1. The van der Waals surface area contributed by atoms with Gasteiger partial charge in [0.1, 0.15) is 9.54 Å². The van der Waals surface area contributed by atoms with E-state index >= 15 is 0 Å². The van der Waals surface area contributed by atoms with Crippen molar-refractivity contribution in [3.05, 3.63) is 9.26 Å². The highest BCUT2D eigenvalue weighted by Crippen LogP contribution is 2.26. The molecule has 0 unspecified atom stereocenters. The van der Waals surface area contributed by atoms with Crippen LogP contribution in [0.25, 0.3) is 0 Å². The van der Waals surface area contributed by atoms with Crippen molar-refractivity contribution in [3.8, 4) is 0 Å². The molecule has 2 N–H and O–H groups in total. The average molecular weight is 319 g/mol. The van der Waals surface area contributed by atoms with Gasteiger partial charge in [-0.3, -0.25) is 4.99 Å². The Labute approximate surface area is 103 Å². The summed E-state index contributed by atoms with van der Waals surface area (Å²) in [6.45, 7) is 7.60. The number of nitrogens with two attached hydrogens (primary N) is 1. The normalized spacial score (nSPS) is 12.2. The van der Waals surface area contributed by atoms with E-state index in [9.17, 15) is 0 Å². The Morgan fingerprint density at radius 1 is 1.60 bits per heavy atom. The molecule has 0 fully saturated rings. The minimum absolute atomic E-state index is 0.220. The molecule has 0 aromatic carbocycles. The lowest BCUT2D eigenvalue weighted by Crippen LogP contribution is -2.14. The van der Waals surface area contributed by atoms with Crippen molar-refractivity contribution in [1.82, 2.24) is 9.78 Å². The number of hydrogen-bond donors (Lipinski definition) is 1. The van der Waals surface area contributed by atoms with Gasteiger partial charge in [-0.05, 0) is 43.2 Å². The van der Waals surface area contributed by atoms with E-state index in [0.29, 0.717) is 11.7 Å². The third-order valence-corrected chi connectivity index (χ3v) is 2.73. The Bertz CT molecular complexity index is 405. The zero-order valence-electron chi connectivity index (χ0n) is 9.03. The van der Waals surface area contributed by atoms with Crippen LogP contribution in [0.1, 0.15) is 25.5 Å². The van der Waals surface area contributed by atoms with Gasteiger partial charge in [-0.15, -0.1) is 0 Å². The van der Waals surface area contributed by atoms with Crippen LogP contribution in [0, 0.1) is 3.70 Å². The molecule has 0 radical (unpaired) electrons. The number of aliphatic imine (C=N–C) groups is 2. The van der Waals surface area contributed by atoms with Crippen molar-refractivity contribution in [2.75, 3.05) is 7.05 Å². The summed E-state index contributed by atoms with van der Waals surface area (Å²) in [6, 6.07) is 0.220. The van der Waals surface area contributed by atoms with Crippen LogP contribution in [0.5, 0.6) is 0 Å². The molecule has 0 amide bonds. The number of halogens is 1. The summed E-state index contributed by atoms with van der Waals surface area (Å²) in [7, 11) is 1.64. The van der Waals surface area contributed by atoms with E-state index in [-0.39, 0.29) is 6.04 Å². The van der Waals surface area contributed by atoms with Gasteiger partial charge in [-0.1, -0.05) is 0 Å². The molecule has 0 saturated carbocycles. The number of aromatic nitrogens is 2. The highest BCUT2D eigenvalue weighted by molar-refractivity contribution is 14.1. The predicted molar refractivity (Wildman–Crippen MR) is 71.2 cm³/mol. The van der Waals surface area contributed by atoms with Gasteiger partial charge in [0.2, 0.25) is 0 Å². The lowest BCUT2D eigenvalue weighted by Gasteiger charge is -2.07. The van der Waals surface area contributed by atoms with Crippen molar-refractivity contribution >= 4 is 41.0 Å². The Hall–Kier alpha value is -0.920. The Kier molecular flexibility index (Phi) is 3.83. The van der Waals surface area contributed by atoms with Crippen LogP contribution in [0.3, 0.4) is 0 Å². The zero-order valence-corrected chi connectivity index (χ0v) is 11.2. The lowest BCUT2D eigenvalue weighted by atomic mass is 10.3. The van der Waals surface area contributed by atoms with Crippen LogP contribution >= 0.6 is 22.6 Å². The van der Waals surface area contributed by atoms with Crippen LogP contribution in [0.15, 0.2) is 9.98 Å². The highest BCUT2D eigenvalue weighted by Gasteiger charge is 2.19. The van der Waals surface area contributed by atoms with Crippen LogP contribution in [-0.2, 0) is 0 Å². The molecular formula is C9H14IN5. The van der Waals surface area contributed by atoms with Crippen LogP contribution in [-0.4, -0.2) is 29.4 Å². The quantitative estimate of drug-likeness (QED) is 0.524. The van der Waals surface area contributed by atoms with Gasteiger partial charge >= 0.3 is 0 Å². The first-order valence-electron chi connectivity index (χ1n) is 4.50. The maximum Gasteiger partial charge on any atom is 0.162 e. The van der Waals surface area contributed by atoms with Crippen LogP contribution < -0.4 is 5.73 Å².